The van der Waals surface area contributed by atoms with Crippen LogP contribution in [0.4, 0.5) is 10.5 Å². The average Bonchev–Trinajstić information content (AvgIpc) is 3.40. The van der Waals surface area contributed by atoms with E-state index in [1.54, 1.807) is 6.20 Å². The number of carbonyl (C=O) groups is 1. The lowest BCUT2D eigenvalue weighted by molar-refractivity contribution is 0.142. The van der Waals surface area contributed by atoms with E-state index in [1.807, 2.05) is 35.2 Å². The summed E-state index contributed by atoms with van der Waals surface area (Å²) in [4.78, 5) is 21.3. The number of urea groups is 1. The Labute approximate surface area is 129 Å². The number of anilines is 1. The maximum Gasteiger partial charge on any atom is 0.321 e. The Bertz CT molecular complexity index is 685. The number of para-hydroxylation sites is 1. The number of rotatable bonds is 2. The van der Waals surface area contributed by atoms with Crippen LogP contribution in [0.15, 0.2) is 36.5 Å². The second-order valence-corrected chi connectivity index (χ2v) is 6.07. The molecule has 2 aliphatic rings. The number of hydrogen-bond acceptors (Lipinski definition) is 3. The zero-order valence-electron chi connectivity index (χ0n) is 12.5. The number of piperazine rings is 1. The molecule has 5 nitrogen and oxygen atoms in total. The monoisotopic (exact) mass is 296 g/mol. The highest BCUT2D eigenvalue weighted by molar-refractivity contribution is 5.99. The maximum absolute atomic E-state index is 12.5. The number of aromatic nitrogens is 1. The summed E-state index contributed by atoms with van der Waals surface area (Å²) in [6.07, 6.45) is 4.41. The van der Waals surface area contributed by atoms with Crippen LogP contribution in [0.1, 0.15) is 12.8 Å². The van der Waals surface area contributed by atoms with Gasteiger partial charge in [-0.2, -0.15) is 0 Å². The van der Waals surface area contributed by atoms with Crippen molar-refractivity contribution in [3.63, 3.8) is 0 Å². The van der Waals surface area contributed by atoms with Crippen LogP contribution in [0.3, 0.4) is 0 Å². The number of benzene rings is 1. The largest absolute Gasteiger partial charge is 0.322 e. The molecule has 2 fully saturated rings. The molecule has 1 saturated heterocycles. The molecule has 1 aliphatic heterocycles. The van der Waals surface area contributed by atoms with Gasteiger partial charge in [0.2, 0.25) is 0 Å². The minimum absolute atomic E-state index is 0.0198. The van der Waals surface area contributed by atoms with Gasteiger partial charge in [0.05, 0.1) is 11.2 Å². The van der Waals surface area contributed by atoms with Gasteiger partial charge in [0.25, 0.3) is 0 Å². The SMILES string of the molecule is O=C(Nc1cccc2cccnc12)N1CCN(C2CC2)CC1. The minimum Gasteiger partial charge on any atom is -0.322 e. The highest BCUT2D eigenvalue weighted by Gasteiger charge is 2.32. The van der Waals surface area contributed by atoms with Crippen molar-refractivity contribution in [1.82, 2.24) is 14.8 Å². The number of amides is 2. The maximum atomic E-state index is 12.5. The van der Waals surface area contributed by atoms with Crippen molar-refractivity contribution in [2.45, 2.75) is 18.9 Å². The fraction of sp³-hybridized carbons (Fsp3) is 0.412. The summed E-state index contributed by atoms with van der Waals surface area (Å²) in [6, 6.07) is 10.5. The summed E-state index contributed by atoms with van der Waals surface area (Å²) in [5, 5.41) is 4.06. The lowest BCUT2D eigenvalue weighted by atomic mass is 10.2. The summed E-state index contributed by atoms with van der Waals surface area (Å²) in [7, 11) is 0. The first-order valence-corrected chi connectivity index (χ1v) is 7.95. The Kier molecular flexibility index (Phi) is 3.42. The third-order valence-corrected chi connectivity index (χ3v) is 4.54. The summed E-state index contributed by atoms with van der Waals surface area (Å²) in [5.74, 6) is 0. The zero-order valence-corrected chi connectivity index (χ0v) is 12.5. The van der Waals surface area contributed by atoms with Crippen LogP contribution in [-0.2, 0) is 0 Å². The second-order valence-electron chi connectivity index (χ2n) is 6.07. The first-order valence-electron chi connectivity index (χ1n) is 7.95. The number of carbonyl (C=O) groups excluding carboxylic acids is 1. The summed E-state index contributed by atoms with van der Waals surface area (Å²) < 4.78 is 0. The number of hydrogen-bond donors (Lipinski definition) is 1. The van der Waals surface area contributed by atoms with Gasteiger partial charge in [-0.25, -0.2) is 4.79 Å². The van der Waals surface area contributed by atoms with E-state index < -0.39 is 0 Å². The van der Waals surface area contributed by atoms with Crippen molar-refractivity contribution in [3.8, 4) is 0 Å². The third-order valence-electron chi connectivity index (χ3n) is 4.54. The van der Waals surface area contributed by atoms with E-state index in [-0.39, 0.29) is 6.03 Å². The quantitative estimate of drug-likeness (QED) is 0.926. The van der Waals surface area contributed by atoms with Gasteiger partial charge in [-0.1, -0.05) is 18.2 Å². The Hall–Kier alpha value is -2.14. The summed E-state index contributed by atoms with van der Waals surface area (Å²) >= 11 is 0. The normalized spacial score (nSPS) is 19.4. The van der Waals surface area contributed by atoms with Gasteiger partial charge in [-0.15, -0.1) is 0 Å². The molecule has 1 aliphatic carbocycles. The van der Waals surface area contributed by atoms with E-state index in [2.05, 4.69) is 15.2 Å². The van der Waals surface area contributed by atoms with Gasteiger partial charge in [0, 0.05) is 43.8 Å². The van der Waals surface area contributed by atoms with Gasteiger partial charge in [-0.05, 0) is 25.0 Å². The lowest BCUT2D eigenvalue weighted by Gasteiger charge is -2.34. The molecule has 5 heteroatoms. The second kappa shape index (κ2) is 5.57. The minimum atomic E-state index is -0.0198. The molecule has 0 spiro atoms. The predicted octanol–water partition coefficient (Wildman–Crippen LogP) is 2.55. The van der Waals surface area contributed by atoms with Crippen LogP contribution in [0.2, 0.25) is 0 Å². The fourth-order valence-electron chi connectivity index (χ4n) is 3.13. The molecule has 0 bridgehead atoms. The van der Waals surface area contributed by atoms with E-state index in [9.17, 15) is 4.79 Å². The molecule has 2 amide bonds. The van der Waals surface area contributed by atoms with Crippen molar-refractivity contribution in [3.05, 3.63) is 36.5 Å². The van der Waals surface area contributed by atoms with Crippen LogP contribution >= 0.6 is 0 Å². The predicted molar refractivity (Wildman–Crippen MR) is 86.9 cm³/mol. The number of fused-ring (bicyclic) bond motifs is 1. The summed E-state index contributed by atoms with van der Waals surface area (Å²) in [6.45, 7) is 3.60. The van der Waals surface area contributed by atoms with Gasteiger partial charge in [0.1, 0.15) is 0 Å². The molecular formula is C17H20N4O. The van der Waals surface area contributed by atoms with Crippen molar-refractivity contribution in [1.29, 1.82) is 0 Å². The van der Waals surface area contributed by atoms with E-state index in [0.717, 1.165) is 48.8 Å². The molecular weight excluding hydrogens is 276 g/mol. The number of nitrogens with one attached hydrogen (secondary N) is 1. The Morgan fingerprint density at radius 2 is 1.86 bits per heavy atom. The number of nitrogens with zero attached hydrogens (tertiary/aromatic N) is 3. The first-order chi connectivity index (χ1) is 10.8. The van der Waals surface area contributed by atoms with E-state index in [4.69, 9.17) is 0 Å². The van der Waals surface area contributed by atoms with Crippen LogP contribution < -0.4 is 5.32 Å². The van der Waals surface area contributed by atoms with Crippen LogP contribution in [-0.4, -0.2) is 53.0 Å². The van der Waals surface area contributed by atoms with Crippen LogP contribution in [0.25, 0.3) is 10.9 Å². The standard InChI is InChI=1S/C17H20N4O/c22-17(21-11-9-20(10-12-21)14-6-7-14)19-15-5-1-3-13-4-2-8-18-16(13)15/h1-5,8,14H,6-7,9-12H2,(H,19,22). The fourth-order valence-corrected chi connectivity index (χ4v) is 3.13. The summed E-state index contributed by atoms with van der Waals surface area (Å²) in [5.41, 5.74) is 1.63. The Morgan fingerprint density at radius 1 is 1.09 bits per heavy atom. The third kappa shape index (κ3) is 2.64. The zero-order chi connectivity index (χ0) is 14.9. The van der Waals surface area contributed by atoms with Crippen molar-refractivity contribution in [2.75, 3.05) is 31.5 Å². The Morgan fingerprint density at radius 3 is 2.64 bits per heavy atom. The average molecular weight is 296 g/mol. The molecule has 1 aromatic carbocycles. The van der Waals surface area contributed by atoms with E-state index >= 15 is 0 Å². The van der Waals surface area contributed by atoms with Crippen molar-refractivity contribution in [2.24, 2.45) is 0 Å². The molecule has 0 atom stereocenters. The van der Waals surface area contributed by atoms with Gasteiger partial charge in [-0.3, -0.25) is 9.88 Å². The molecule has 1 N–H and O–H groups in total. The van der Waals surface area contributed by atoms with Crippen LogP contribution in [0, 0.1) is 0 Å². The molecule has 0 radical (unpaired) electrons. The molecule has 22 heavy (non-hydrogen) atoms. The van der Waals surface area contributed by atoms with Gasteiger partial charge in [0.15, 0.2) is 0 Å². The molecule has 114 valence electrons. The first kappa shape index (κ1) is 13.5. The van der Waals surface area contributed by atoms with Crippen molar-refractivity contribution >= 4 is 22.6 Å². The lowest BCUT2D eigenvalue weighted by Crippen LogP contribution is -2.50. The molecule has 0 unspecified atom stereocenters. The van der Waals surface area contributed by atoms with E-state index in [1.165, 1.54) is 12.8 Å². The van der Waals surface area contributed by atoms with Gasteiger partial charge >= 0.3 is 6.03 Å². The topological polar surface area (TPSA) is 48.5 Å². The highest BCUT2D eigenvalue weighted by Crippen LogP contribution is 2.27. The Balaban J connectivity index is 1.45. The smallest absolute Gasteiger partial charge is 0.321 e. The van der Waals surface area contributed by atoms with Gasteiger partial charge < -0.3 is 10.2 Å². The van der Waals surface area contributed by atoms with Crippen LogP contribution in [0.5, 0.6) is 0 Å². The molecule has 1 saturated carbocycles. The molecule has 1 aromatic heterocycles. The highest BCUT2D eigenvalue weighted by atomic mass is 16.2. The number of pyridine rings is 1. The van der Waals surface area contributed by atoms with E-state index in [0.29, 0.717) is 0 Å². The molecule has 2 aromatic rings. The molecule has 4 rings (SSSR count). The van der Waals surface area contributed by atoms with Crippen molar-refractivity contribution < 1.29 is 4.79 Å². The molecule has 2 heterocycles.